The van der Waals surface area contributed by atoms with E-state index >= 15 is 0 Å². The summed E-state index contributed by atoms with van der Waals surface area (Å²) in [7, 11) is 0. The second-order valence-electron chi connectivity index (χ2n) is 5.67. The number of hydrogen-bond donors (Lipinski definition) is 2. The normalized spacial score (nSPS) is 11.4. The number of para-hydroxylation sites is 1. The molecule has 3 aromatic rings. The van der Waals surface area contributed by atoms with Crippen molar-refractivity contribution in [3.05, 3.63) is 90.5 Å². The zero-order valence-corrected chi connectivity index (χ0v) is 14.8. The highest BCUT2D eigenvalue weighted by Crippen LogP contribution is 2.22. The summed E-state index contributed by atoms with van der Waals surface area (Å²) in [5.74, 6) is 1.60. The summed E-state index contributed by atoms with van der Waals surface area (Å²) in [6.07, 6.45) is 0. The van der Waals surface area contributed by atoms with E-state index in [0.29, 0.717) is 5.11 Å². The summed E-state index contributed by atoms with van der Waals surface area (Å²) in [5.41, 5.74) is 2.11. The van der Waals surface area contributed by atoms with E-state index in [1.54, 1.807) is 0 Å². The second-order valence-corrected chi connectivity index (χ2v) is 6.08. The van der Waals surface area contributed by atoms with Crippen molar-refractivity contribution < 1.29 is 4.74 Å². The SMILES string of the molecule is C[C@H](NC(=S)Nc1ccc(Oc2ccccc2)cc1)c1ccccc1. The van der Waals surface area contributed by atoms with Crippen LogP contribution in [0.5, 0.6) is 11.5 Å². The molecule has 3 aromatic carbocycles. The number of rotatable bonds is 5. The predicted octanol–water partition coefficient (Wildman–Crippen LogP) is 5.53. The first-order chi connectivity index (χ1) is 12.2. The highest BCUT2D eigenvalue weighted by molar-refractivity contribution is 7.80. The average molecular weight is 348 g/mol. The molecule has 0 saturated carbocycles. The van der Waals surface area contributed by atoms with Crippen molar-refractivity contribution in [2.24, 2.45) is 0 Å². The molecule has 126 valence electrons. The molecule has 3 rings (SSSR count). The predicted molar refractivity (Wildman–Crippen MR) is 107 cm³/mol. The molecular formula is C21H20N2OS. The lowest BCUT2D eigenvalue weighted by Gasteiger charge is -2.17. The fourth-order valence-corrected chi connectivity index (χ4v) is 2.71. The van der Waals surface area contributed by atoms with Crippen LogP contribution in [0.2, 0.25) is 0 Å². The van der Waals surface area contributed by atoms with E-state index in [1.165, 1.54) is 5.56 Å². The van der Waals surface area contributed by atoms with Crippen molar-refractivity contribution in [2.75, 3.05) is 5.32 Å². The van der Waals surface area contributed by atoms with E-state index < -0.39 is 0 Å². The topological polar surface area (TPSA) is 33.3 Å². The van der Waals surface area contributed by atoms with Crippen LogP contribution in [0.4, 0.5) is 5.69 Å². The van der Waals surface area contributed by atoms with Crippen molar-refractivity contribution >= 4 is 23.0 Å². The highest BCUT2D eigenvalue weighted by Gasteiger charge is 2.06. The van der Waals surface area contributed by atoms with E-state index in [0.717, 1.165) is 17.2 Å². The van der Waals surface area contributed by atoms with Crippen LogP contribution in [0.3, 0.4) is 0 Å². The Balaban J connectivity index is 1.55. The minimum atomic E-state index is 0.141. The third-order valence-electron chi connectivity index (χ3n) is 3.74. The zero-order valence-electron chi connectivity index (χ0n) is 14.0. The number of hydrogen-bond acceptors (Lipinski definition) is 2. The molecule has 0 fully saturated rings. The summed E-state index contributed by atoms with van der Waals surface area (Å²) in [6, 6.07) is 27.8. The smallest absolute Gasteiger partial charge is 0.171 e. The summed E-state index contributed by atoms with van der Waals surface area (Å²) >= 11 is 5.40. The maximum absolute atomic E-state index is 5.78. The molecule has 0 saturated heterocycles. The Kier molecular flexibility index (Phi) is 5.65. The number of anilines is 1. The first-order valence-corrected chi connectivity index (χ1v) is 8.57. The van der Waals surface area contributed by atoms with Gasteiger partial charge in [-0.3, -0.25) is 0 Å². The van der Waals surface area contributed by atoms with Crippen LogP contribution >= 0.6 is 12.2 Å². The zero-order chi connectivity index (χ0) is 17.5. The standard InChI is InChI=1S/C21H20N2OS/c1-16(17-8-4-2-5-9-17)22-21(25)23-18-12-14-20(15-13-18)24-19-10-6-3-7-11-19/h2-16H,1H3,(H2,22,23,25)/t16-/m0/s1. The largest absolute Gasteiger partial charge is 0.457 e. The molecule has 0 aliphatic carbocycles. The Morgan fingerprint density at radius 3 is 2.00 bits per heavy atom. The Morgan fingerprint density at radius 1 is 0.800 bits per heavy atom. The van der Waals surface area contributed by atoms with E-state index in [4.69, 9.17) is 17.0 Å². The van der Waals surface area contributed by atoms with Gasteiger partial charge < -0.3 is 15.4 Å². The van der Waals surface area contributed by atoms with E-state index in [2.05, 4.69) is 29.7 Å². The summed E-state index contributed by atoms with van der Waals surface area (Å²) in [6.45, 7) is 2.08. The Labute approximate surface area is 153 Å². The minimum Gasteiger partial charge on any atom is -0.457 e. The van der Waals surface area contributed by atoms with Gasteiger partial charge in [0.25, 0.3) is 0 Å². The number of ether oxygens (including phenoxy) is 1. The molecule has 0 unspecified atom stereocenters. The molecule has 25 heavy (non-hydrogen) atoms. The quantitative estimate of drug-likeness (QED) is 0.594. The average Bonchev–Trinajstić information content (AvgIpc) is 2.65. The molecule has 0 aliphatic heterocycles. The third kappa shape index (κ3) is 5.06. The van der Waals surface area contributed by atoms with E-state index in [1.807, 2.05) is 72.8 Å². The minimum absolute atomic E-state index is 0.141. The van der Waals surface area contributed by atoms with Crippen molar-refractivity contribution in [1.82, 2.24) is 5.32 Å². The van der Waals surface area contributed by atoms with Gasteiger partial charge in [0.2, 0.25) is 0 Å². The second kappa shape index (κ2) is 8.31. The molecule has 0 heterocycles. The molecular weight excluding hydrogens is 328 g/mol. The van der Waals surface area contributed by atoms with Crippen LogP contribution in [0.1, 0.15) is 18.5 Å². The van der Waals surface area contributed by atoms with Crippen LogP contribution < -0.4 is 15.4 Å². The molecule has 0 amide bonds. The molecule has 4 heteroatoms. The lowest BCUT2D eigenvalue weighted by atomic mass is 10.1. The molecule has 2 N–H and O–H groups in total. The van der Waals surface area contributed by atoms with Crippen molar-refractivity contribution in [3.63, 3.8) is 0 Å². The molecule has 0 radical (unpaired) electrons. The first kappa shape index (κ1) is 17.0. The van der Waals surface area contributed by atoms with Crippen molar-refractivity contribution in [3.8, 4) is 11.5 Å². The third-order valence-corrected chi connectivity index (χ3v) is 3.96. The van der Waals surface area contributed by atoms with Crippen LogP contribution in [0.25, 0.3) is 0 Å². The Bertz CT molecular complexity index is 804. The lowest BCUT2D eigenvalue weighted by molar-refractivity contribution is 0.483. The van der Waals surface area contributed by atoms with Crippen molar-refractivity contribution in [2.45, 2.75) is 13.0 Å². The van der Waals surface area contributed by atoms with Crippen LogP contribution in [-0.4, -0.2) is 5.11 Å². The number of thiocarbonyl (C=S) groups is 1. The van der Waals surface area contributed by atoms with Gasteiger partial charge >= 0.3 is 0 Å². The van der Waals surface area contributed by atoms with Gasteiger partial charge in [-0.2, -0.15) is 0 Å². The van der Waals surface area contributed by atoms with Gasteiger partial charge in [-0.1, -0.05) is 48.5 Å². The molecule has 0 spiro atoms. The maximum Gasteiger partial charge on any atom is 0.171 e. The summed E-state index contributed by atoms with van der Waals surface area (Å²) in [5, 5.41) is 7.08. The Hall–Kier alpha value is -2.85. The van der Waals surface area contributed by atoms with Crippen LogP contribution in [0, 0.1) is 0 Å². The summed E-state index contributed by atoms with van der Waals surface area (Å²) in [4.78, 5) is 0. The number of benzene rings is 3. The van der Waals surface area contributed by atoms with Gasteiger partial charge in [-0.15, -0.1) is 0 Å². The van der Waals surface area contributed by atoms with Crippen LogP contribution in [0.15, 0.2) is 84.9 Å². The molecule has 1 atom stereocenters. The number of nitrogens with one attached hydrogen (secondary N) is 2. The van der Waals surface area contributed by atoms with E-state index in [-0.39, 0.29) is 6.04 Å². The van der Waals surface area contributed by atoms with Crippen molar-refractivity contribution in [1.29, 1.82) is 0 Å². The Morgan fingerprint density at radius 2 is 1.36 bits per heavy atom. The van der Waals surface area contributed by atoms with Gasteiger partial charge in [0.05, 0.1) is 6.04 Å². The molecule has 0 aliphatic rings. The lowest BCUT2D eigenvalue weighted by Crippen LogP contribution is -2.30. The van der Waals surface area contributed by atoms with Gasteiger partial charge in [-0.25, -0.2) is 0 Å². The van der Waals surface area contributed by atoms with Gasteiger partial charge in [-0.05, 0) is 61.1 Å². The molecule has 3 nitrogen and oxygen atoms in total. The highest BCUT2D eigenvalue weighted by atomic mass is 32.1. The molecule has 0 aromatic heterocycles. The maximum atomic E-state index is 5.78. The van der Waals surface area contributed by atoms with Crippen LogP contribution in [-0.2, 0) is 0 Å². The van der Waals surface area contributed by atoms with Gasteiger partial charge in [0, 0.05) is 5.69 Å². The van der Waals surface area contributed by atoms with Gasteiger partial charge in [0.15, 0.2) is 5.11 Å². The fraction of sp³-hybridized carbons (Fsp3) is 0.0952. The first-order valence-electron chi connectivity index (χ1n) is 8.16. The molecule has 0 bridgehead atoms. The monoisotopic (exact) mass is 348 g/mol. The van der Waals surface area contributed by atoms with Gasteiger partial charge in [0.1, 0.15) is 11.5 Å². The fourth-order valence-electron chi connectivity index (χ4n) is 2.42. The summed E-state index contributed by atoms with van der Waals surface area (Å²) < 4.78 is 5.78. The van der Waals surface area contributed by atoms with E-state index in [9.17, 15) is 0 Å².